The normalized spacial score (nSPS) is 12.9. The second-order valence-corrected chi connectivity index (χ2v) is 7.45. The van der Waals surface area contributed by atoms with E-state index in [1.165, 1.54) is 0 Å². The molecule has 1 aliphatic heterocycles. The van der Waals surface area contributed by atoms with Crippen molar-refractivity contribution in [3.63, 3.8) is 0 Å². The minimum Gasteiger partial charge on any atom is -0.383 e. The van der Waals surface area contributed by atoms with Gasteiger partial charge in [0.2, 0.25) is 5.91 Å². The predicted octanol–water partition coefficient (Wildman–Crippen LogP) is 2.13. The molecule has 9 heteroatoms. The Labute approximate surface area is 166 Å². The summed E-state index contributed by atoms with van der Waals surface area (Å²) >= 11 is 1.74. The lowest BCUT2D eigenvalue weighted by atomic mass is 10.1. The number of rotatable bonds is 7. The third kappa shape index (κ3) is 3.63. The van der Waals surface area contributed by atoms with E-state index in [2.05, 4.69) is 20.7 Å². The van der Waals surface area contributed by atoms with Crippen LogP contribution in [-0.4, -0.2) is 46.8 Å². The van der Waals surface area contributed by atoms with E-state index < -0.39 is 0 Å². The number of carbonyl (C=O) groups is 2. The van der Waals surface area contributed by atoms with Crippen LogP contribution in [-0.2, 0) is 27.6 Å². The van der Waals surface area contributed by atoms with Gasteiger partial charge in [-0.3, -0.25) is 9.59 Å². The van der Waals surface area contributed by atoms with Gasteiger partial charge in [-0.1, -0.05) is 18.2 Å². The highest BCUT2D eigenvalue weighted by Gasteiger charge is 2.25. The average molecular weight is 399 g/mol. The third-order valence-electron chi connectivity index (χ3n) is 4.61. The lowest BCUT2D eigenvalue weighted by Gasteiger charge is -2.11. The van der Waals surface area contributed by atoms with E-state index in [4.69, 9.17) is 4.74 Å². The summed E-state index contributed by atoms with van der Waals surface area (Å²) in [4.78, 5) is 28.3. The number of aromatic amines is 1. The van der Waals surface area contributed by atoms with Crippen LogP contribution in [0.3, 0.4) is 0 Å². The summed E-state index contributed by atoms with van der Waals surface area (Å²) in [6.07, 6.45) is 1.70. The number of anilines is 1. The molecule has 0 fully saturated rings. The van der Waals surface area contributed by atoms with E-state index in [9.17, 15) is 9.59 Å². The fourth-order valence-corrected chi connectivity index (χ4v) is 4.27. The molecule has 0 aliphatic carbocycles. The summed E-state index contributed by atoms with van der Waals surface area (Å²) in [7, 11) is 1.58. The number of nitrogens with one attached hydrogen (secondary N) is 3. The summed E-state index contributed by atoms with van der Waals surface area (Å²) in [5, 5.41) is 11.2. The Morgan fingerprint density at radius 2 is 2.18 bits per heavy atom. The highest BCUT2D eigenvalue weighted by atomic mass is 32.2. The van der Waals surface area contributed by atoms with Crippen molar-refractivity contribution >= 4 is 40.3 Å². The number of hydrogen-bond acceptors (Lipinski definition) is 5. The van der Waals surface area contributed by atoms with Crippen LogP contribution in [0.25, 0.3) is 10.9 Å². The van der Waals surface area contributed by atoms with Crippen LogP contribution in [0.1, 0.15) is 21.6 Å². The molecule has 0 bridgehead atoms. The van der Waals surface area contributed by atoms with E-state index in [1.54, 1.807) is 29.8 Å². The number of ether oxygens (including phenoxy) is 1. The molecule has 28 heavy (non-hydrogen) atoms. The lowest BCUT2D eigenvalue weighted by molar-refractivity contribution is -0.122. The first-order valence-corrected chi connectivity index (χ1v) is 10.1. The maximum absolute atomic E-state index is 12.9. The van der Waals surface area contributed by atoms with Crippen molar-refractivity contribution in [2.24, 2.45) is 0 Å². The zero-order valence-electron chi connectivity index (χ0n) is 15.4. The van der Waals surface area contributed by atoms with Crippen molar-refractivity contribution < 1.29 is 14.3 Å². The maximum Gasteiger partial charge on any atom is 0.258 e. The molecule has 0 spiro atoms. The number of fused-ring (bicyclic) bond motifs is 2. The highest BCUT2D eigenvalue weighted by Crippen LogP contribution is 2.35. The number of nitrogens with zero attached hydrogens (tertiary/aromatic N) is 2. The SMILES string of the molecule is COCCNC(=O)Cn1nc2c(c1NC(=O)c1c[nH]c3ccccc13)CSC2. The molecule has 8 nitrogen and oxygen atoms in total. The van der Waals surface area contributed by atoms with E-state index in [0.717, 1.165) is 33.7 Å². The average Bonchev–Trinajstić information content (AvgIpc) is 3.38. The molecule has 4 rings (SSSR count). The largest absolute Gasteiger partial charge is 0.383 e. The Morgan fingerprint density at radius 1 is 1.32 bits per heavy atom. The number of thioether (sulfide) groups is 1. The minimum atomic E-state index is -0.224. The summed E-state index contributed by atoms with van der Waals surface area (Å²) in [6.45, 7) is 0.927. The van der Waals surface area contributed by atoms with E-state index in [1.807, 2.05) is 24.3 Å². The number of amides is 2. The molecule has 0 atom stereocenters. The summed E-state index contributed by atoms with van der Waals surface area (Å²) in [5.41, 5.74) is 3.37. The van der Waals surface area contributed by atoms with Gasteiger partial charge < -0.3 is 20.4 Å². The van der Waals surface area contributed by atoms with Crippen LogP contribution in [0, 0.1) is 0 Å². The van der Waals surface area contributed by atoms with Crippen LogP contribution in [0.15, 0.2) is 30.5 Å². The summed E-state index contributed by atoms with van der Waals surface area (Å²) in [6, 6.07) is 7.65. The Hall–Kier alpha value is -2.78. The molecule has 2 amide bonds. The molecule has 0 radical (unpaired) electrons. The third-order valence-corrected chi connectivity index (χ3v) is 5.58. The van der Waals surface area contributed by atoms with Crippen molar-refractivity contribution in [1.82, 2.24) is 20.1 Å². The van der Waals surface area contributed by atoms with E-state index in [0.29, 0.717) is 24.5 Å². The highest BCUT2D eigenvalue weighted by molar-refractivity contribution is 7.98. The summed E-state index contributed by atoms with van der Waals surface area (Å²) < 4.78 is 6.53. The first-order valence-electron chi connectivity index (χ1n) is 8.96. The van der Waals surface area contributed by atoms with Gasteiger partial charge in [-0.15, -0.1) is 0 Å². The number of para-hydroxylation sites is 1. The molecule has 3 aromatic rings. The molecule has 1 aromatic carbocycles. The Morgan fingerprint density at radius 3 is 3.04 bits per heavy atom. The zero-order valence-corrected chi connectivity index (χ0v) is 16.3. The maximum atomic E-state index is 12.9. The van der Waals surface area contributed by atoms with Gasteiger partial charge in [0.05, 0.1) is 17.9 Å². The first-order chi connectivity index (χ1) is 13.7. The van der Waals surface area contributed by atoms with Gasteiger partial charge >= 0.3 is 0 Å². The molecule has 0 saturated carbocycles. The molecular weight excluding hydrogens is 378 g/mol. The predicted molar refractivity (Wildman–Crippen MR) is 108 cm³/mol. The number of benzene rings is 1. The van der Waals surface area contributed by atoms with Gasteiger partial charge in [0.1, 0.15) is 12.4 Å². The number of aromatic nitrogens is 3. The number of hydrogen-bond donors (Lipinski definition) is 3. The van der Waals surface area contributed by atoms with Gasteiger partial charge in [-0.2, -0.15) is 16.9 Å². The summed E-state index contributed by atoms with van der Waals surface area (Å²) in [5.74, 6) is 1.75. The van der Waals surface area contributed by atoms with E-state index >= 15 is 0 Å². The lowest BCUT2D eigenvalue weighted by Crippen LogP contribution is -2.31. The Bertz CT molecular complexity index is 1030. The molecule has 0 unspecified atom stereocenters. The van der Waals surface area contributed by atoms with Crippen molar-refractivity contribution in [1.29, 1.82) is 0 Å². The monoisotopic (exact) mass is 399 g/mol. The number of carbonyl (C=O) groups excluding carboxylic acids is 2. The van der Waals surface area contributed by atoms with Crippen LogP contribution in [0.2, 0.25) is 0 Å². The molecule has 146 valence electrons. The topological polar surface area (TPSA) is 101 Å². The van der Waals surface area contributed by atoms with Gasteiger partial charge in [-0.05, 0) is 6.07 Å². The van der Waals surface area contributed by atoms with Crippen LogP contribution < -0.4 is 10.6 Å². The second-order valence-electron chi connectivity index (χ2n) is 6.47. The van der Waals surface area contributed by atoms with E-state index in [-0.39, 0.29) is 18.4 Å². The first kappa shape index (κ1) is 18.6. The van der Waals surface area contributed by atoms with Gasteiger partial charge in [0.25, 0.3) is 5.91 Å². The van der Waals surface area contributed by atoms with Gasteiger partial charge in [-0.25, -0.2) is 4.68 Å². The number of H-pyrrole nitrogens is 1. The van der Waals surface area contributed by atoms with Gasteiger partial charge in [0.15, 0.2) is 0 Å². The zero-order chi connectivity index (χ0) is 19.5. The molecule has 3 heterocycles. The van der Waals surface area contributed by atoms with Crippen molar-refractivity contribution in [2.45, 2.75) is 18.1 Å². The standard InChI is InChI=1S/C19H21N5O3S/c1-27-7-6-20-17(25)9-24-18(14-10-28-11-16(14)23-24)22-19(26)13-8-21-15-5-3-2-4-12(13)15/h2-5,8,21H,6-7,9-11H2,1H3,(H,20,25)(H,22,26). The molecular formula is C19H21N5O3S. The number of methoxy groups -OCH3 is 1. The van der Waals surface area contributed by atoms with Crippen LogP contribution in [0.5, 0.6) is 0 Å². The Balaban J connectivity index is 1.56. The van der Waals surface area contributed by atoms with Crippen molar-refractivity contribution in [2.75, 3.05) is 25.6 Å². The molecule has 0 saturated heterocycles. The van der Waals surface area contributed by atoms with Crippen LogP contribution >= 0.6 is 11.8 Å². The van der Waals surface area contributed by atoms with Crippen molar-refractivity contribution in [3.8, 4) is 0 Å². The fraction of sp³-hybridized carbons (Fsp3) is 0.316. The molecule has 2 aromatic heterocycles. The second kappa shape index (κ2) is 8.07. The van der Waals surface area contributed by atoms with Gasteiger partial charge in [0, 0.05) is 47.8 Å². The minimum absolute atomic E-state index is 0.0465. The van der Waals surface area contributed by atoms with Crippen molar-refractivity contribution in [3.05, 3.63) is 47.3 Å². The molecule has 3 N–H and O–H groups in total. The fourth-order valence-electron chi connectivity index (χ4n) is 3.24. The molecule has 1 aliphatic rings. The van der Waals surface area contributed by atoms with Crippen LogP contribution in [0.4, 0.5) is 5.82 Å². The smallest absolute Gasteiger partial charge is 0.258 e. The Kier molecular flexibility index (Phi) is 5.36. The quantitative estimate of drug-likeness (QED) is 0.529.